The number of hydrogen-bond donors (Lipinski definition) is 0. The molecular weight excluding hydrogens is 1210 g/mol. The maximum Gasteiger partial charge on any atom is 0.0991 e. The first-order chi connectivity index (χ1) is 48.5. The Morgan fingerprint density at radius 1 is 0.296 bits per heavy atom. The molecule has 0 saturated heterocycles. The number of thiophene rings is 1. The van der Waals surface area contributed by atoms with Crippen LogP contribution in [0.5, 0.6) is 0 Å². The number of fused-ring (bicyclic) bond motifs is 18. The highest BCUT2D eigenvalue weighted by Gasteiger charge is 2.24. The predicted molar refractivity (Wildman–Crippen MR) is 411 cm³/mol. The summed E-state index contributed by atoms with van der Waals surface area (Å²) in [6.07, 6.45) is 5.15. The van der Waals surface area contributed by atoms with Crippen LogP contribution in [0.25, 0.3) is 186 Å². The van der Waals surface area contributed by atoms with Crippen LogP contribution < -0.4 is 0 Å². The Labute approximate surface area is 566 Å². The maximum atomic E-state index is 9.54. The standard InChI is InChI=1S/C91H54N6S/c92-55-56-32-39-64(40-33-56)94-79-26-9-4-20-67(79)73-49-58(34-42-84(73)94)61-37-45-88-76(52-61)70-23-8-13-30-83(70)97(88)89-31-15-25-72-78-53-62(38-47-90(78)98-91(72)89)57-16-14-19-65(48-57)95-81-28-11-5-21-68(81)74-50-59(35-43-85(74)95)60-36-44-86-75(51-60)69-22-6-12-29-82(69)96(86)66-41-46-87-77(54-66)71-24-7-10-27-80(71)93(87)63-17-2-1-3-18-63/h1-10,12-20,22-54H,21H2. The normalized spacial score (nSPS) is 12.4. The van der Waals surface area contributed by atoms with Gasteiger partial charge in [0.1, 0.15) is 0 Å². The van der Waals surface area contributed by atoms with E-state index in [-0.39, 0.29) is 0 Å². The summed E-state index contributed by atoms with van der Waals surface area (Å²) >= 11 is 1.87. The molecule has 1 aliphatic rings. The third-order valence-electron chi connectivity index (χ3n) is 20.8. The number of benzene rings is 14. The molecule has 1 aliphatic carbocycles. The van der Waals surface area contributed by atoms with E-state index in [0.29, 0.717) is 5.56 Å². The quantitative estimate of drug-likeness (QED) is 0.140. The zero-order valence-electron chi connectivity index (χ0n) is 52.8. The highest BCUT2D eigenvalue weighted by molar-refractivity contribution is 7.26. The molecule has 0 saturated carbocycles. The van der Waals surface area contributed by atoms with Crippen LogP contribution >= 0.6 is 11.3 Å². The van der Waals surface area contributed by atoms with Gasteiger partial charge in [-0.1, -0.05) is 146 Å². The van der Waals surface area contributed by atoms with Gasteiger partial charge in [-0.3, -0.25) is 0 Å². The van der Waals surface area contributed by atoms with Gasteiger partial charge in [-0.2, -0.15) is 5.26 Å². The Morgan fingerprint density at radius 2 is 0.704 bits per heavy atom. The molecule has 98 heavy (non-hydrogen) atoms. The summed E-state index contributed by atoms with van der Waals surface area (Å²) in [7, 11) is 0. The van der Waals surface area contributed by atoms with Gasteiger partial charge in [0, 0.05) is 99.2 Å². The van der Waals surface area contributed by atoms with Crippen LogP contribution in [0.1, 0.15) is 16.8 Å². The molecule has 0 radical (unpaired) electrons. The summed E-state index contributed by atoms with van der Waals surface area (Å²) in [6, 6.07) is 114. The van der Waals surface area contributed by atoms with Crippen LogP contribution in [0, 0.1) is 11.3 Å². The lowest BCUT2D eigenvalue weighted by molar-refractivity contribution is 1.08. The van der Waals surface area contributed by atoms with E-state index < -0.39 is 0 Å². The number of aromatic nitrogens is 5. The fourth-order valence-electron chi connectivity index (χ4n) is 16.4. The smallest absolute Gasteiger partial charge is 0.0991 e. The first-order valence-corrected chi connectivity index (χ1v) is 34.2. The lowest BCUT2D eigenvalue weighted by Gasteiger charge is -2.12. The van der Waals surface area contributed by atoms with E-state index in [2.05, 4.69) is 326 Å². The average molecular weight is 1260 g/mol. The van der Waals surface area contributed by atoms with Crippen LogP contribution in [0.15, 0.2) is 315 Å². The van der Waals surface area contributed by atoms with Gasteiger partial charge in [0.2, 0.25) is 0 Å². The molecule has 0 spiro atoms. The van der Waals surface area contributed by atoms with Crippen molar-refractivity contribution in [2.45, 2.75) is 6.42 Å². The minimum absolute atomic E-state index is 0.650. The van der Waals surface area contributed by atoms with Crippen LogP contribution in [-0.2, 0) is 6.42 Å². The van der Waals surface area contributed by atoms with Crippen LogP contribution in [0.3, 0.4) is 0 Å². The molecule has 6 heterocycles. The molecule has 20 aromatic rings. The van der Waals surface area contributed by atoms with Crippen molar-refractivity contribution in [2.75, 3.05) is 0 Å². The summed E-state index contributed by atoms with van der Waals surface area (Å²) in [5.41, 5.74) is 29.9. The first-order valence-electron chi connectivity index (χ1n) is 33.4. The SMILES string of the molecule is N#Cc1ccc(-n2c3ccccc3c3cc(-c4ccc5c(c4)c4ccccc4n5-c4cccc5c4sc4ccc(-c6cccc(-n7c8c(c9cc(-c%10ccc%11c(c%10)c%10ccccc%10n%11-c%10ccc%11c(c%10)c%10ccccc%10n%11-c%10ccccc%10)ccc97)CC=C=C8)c6)cc45)ccc32)cc1. The highest BCUT2D eigenvalue weighted by atomic mass is 32.1. The number of nitrogens with zero attached hydrogens (tertiary/aromatic N) is 6. The number of allylic oxidation sites excluding steroid dienone is 1. The number of para-hydroxylation sites is 5. The minimum atomic E-state index is 0.650. The average Bonchev–Trinajstić information content (AvgIpc) is 1.60. The van der Waals surface area contributed by atoms with Gasteiger partial charge < -0.3 is 22.8 Å². The second kappa shape index (κ2) is 21.0. The van der Waals surface area contributed by atoms with E-state index >= 15 is 0 Å². The van der Waals surface area contributed by atoms with Gasteiger partial charge in [0.25, 0.3) is 0 Å². The van der Waals surface area contributed by atoms with E-state index in [9.17, 15) is 5.26 Å². The number of hydrogen-bond acceptors (Lipinski definition) is 2. The summed E-state index contributed by atoms with van der Waals surface area (Å²) < 4.78 is 14.6. The highest BCUT2D eigenvalue weighted by Crippen LogP contribution is 2.46. The third-order valence-corrected chi connectivity index (χ3v) is 22.0. The Kier molecular flexibility index (Phi) is 11.7. The van der Waals surface area contributed by atoms with Gasteiger partial charge in [-0.05, 0) is 203 Å². The first kappa shape index (κ1) is 54.4. The molecule has 6 nitrogen and oxygen atoms in total. The Morgan fingerprint density at radius 3 is 1.30 bits per heavy atom. The van der Waals surface area contributed by atoms with Crippen LogP contribution in [0.4, 0.5) is 0 Å². The summed E-state index contributed by atoms with van der Waals surface area (Å²) in [4.78, 5) is 0. The van der Waals surface area contributed by atoms with E-state index in [4.69, 9.17) is 0 Å². The molecule has 0 aliphatic heterocycles. The number of nitriles is 1. The second-order valence-electron chi connectivity index (χ2n) is 26.0. The van der Waals surface area contributed by atoms with Crippen molar-refractivity contribution in [1.82, 2.24) is 22.8 Å². The second-order valence-corrected chi connectivity index (χ2v) is 27.0. The fourth-order valence-corrected chi connectivity index (χ4v) is 17.6. The van der Waals surface area contributed by atoms with Gasteiger partial charge >= 0.3 is 0 Å². The monoisotopic (exact) mass is 1260 g/mol. The van der Waals surface area contributed by atoms with Crippen molar-refractivity contribution in [3.8, 4) is 67.9 Å². The van der Waals surface area contributed by atoms with Gasteiger partial charge in [-0.25, -0.2) is 0 Å². The Bertz CT molecular complexity index is 6940. The molecule has 0 amide bonds. The van der Waals surface area contributed by atoms with Crippen molar-refractivity contribution < 1.29 is 0 Å². The summed E-state index contributed by atoms with van der Waals surface area (Å²) in [5.74, 6) is 0. The lowest BCUT2D eigenvalue weighted by Crippen LogP contribution is -1.99. The zero-order chi connectivity index (χ0) is 64.3. The van der Waals surface area contributed by atoms with Crippen molar-refractivity contribution in [2.24, 2.45) is 0 Å². The predicted octanol–water partition coefficient (Wildman–Crippen LogP) is 24.0. The molecule has 14 aromatic carbocycles. The van der Waals surface area contributed by atoms with E-state index in [1.165, 1.54) is 152 Å². The van der Waals surface area contributed by atoms with Crippen molar-refractivity contribution >= 4 is 136 Å². The summed E-state index contributed by atoms with van der Waals surface area (Å²) in [6.45, 7) is 0. The molecule has 6 aromatic heterocycles. The van der Waals surface area contributed by atoms with Crippen molar-refractivity contribution in [1.29, 1.82) is 5.26 Å². The molecule has 0 atom stereocenters. The Hall–Kier alpha value is -13.0. The summed E-state index contributed by atoms with van der Waals surface area (Å²) in [5, 5.41) is 23.1. The zero-order valence-corrected chi connectivity index (χ0v) is 53.6. The molecule has 454 valence electrons. The topological polar surface area (TPSA) is 48.4 Å². The van der Waals surface area contributed by atoms with Gasteiger partial charge in [-0.15, -0.1) is 17.1 Å². The maximum absolute atomic E-state index is 9.54. The number of rotatable bonds is 8. The van der Waals surface area contributed by atoms with Crippen molar-refractivity contribution in [3.05, 3.63) is 332 Å². The molecule has 0 bridgehead atoms. The fraction of sp³-hybridized carbons (Fsp3) is 0.0110. The van der Waals surface area contributed by atoms with Crippen molar-refractivity contribution in [3.63, 3.8) is 0 Å². The van der Waals surface area contributed by atoms with E-state index in [1.807, 2.05) is 35.6 Å². The van der Waals surface area contributed by atoms with Gasteiger partial charge in [0.05, 0.1) is 77.4 Å². The third kappa shape index (κ3) is 8.02. The molecule has 21 rings (SSSR count). The van der Waals surface area contributed by atoms with Gasteiger partial charge in [0.15, 0.2) is 0 Å². The largest absolute Gasteiger partial charge is 0.309 e. The Balaban J connectivity index is 0.625. The molecule has 7 heteroatoms. The molecular formula is C91H54N6S. The molecule has 0 N–H and O–H groups in total. The van der Waals surface area contributed by atoms with Crippen LogP contribution in [0.2, 0.25) is 0 Å². The van der Waals surface area contributed by atoms with E-state index in [1.54, 1.807) is 0 Å². The molecule has 0 unspecified atom stereocenters. The van der Waals surface area contributed by atoms with Crippen LogP contribution in [-0.4, -0.2) is 22.8 Å². The lowest BCUT2D eigenvalue weighted by atomic mass is 9.98. The van der Waals surface area contributed by atoms with E-state index in [0.717, 1.165) is 45.8 Å². The minimum Gasteiger partial charge on any atom is -0.309 e. The molecule has 0 fully saturated rings.